The van der Waals surface area contributed by atoms with E-state index in [0.29, 0.717) is 0 Å². The predicted molar refractivity (Wildman–Crippen MR) is 73.2 cm³/mol. The highest BCUT2D eigenvalue weighted by atomic mass is 15.3. The van der Waals surface area contributed by atoms with E-state index in [1.165, 1.54) is 38.5 Å². The number of aromatic nitrogens is 3. The van der Waals surface area contributed by atoms with Crippen LogP contribution in [-0.2, 0) is 13.1 Å². The summed E-state index contributed by atoms with van der Waals surface area (Å²) in [6, 6.07) is 0. The Morgan fingerprint density at radius 3 is 2.94 bits per heavy atom. The molecule has 0 radical (unpaired) electrons. The maximum Gasteiger partial charge on any atom is 0.164 e. The van der Waals surface area contributed by atoms with Crippen LogP contribution < -0.4 is 5.32 Å². The highest BCUT2D eigenvalue weighted by molar-refractivity contribution is 4.80. The normalized spacial score (nSPS) is 17.2. The summed E-state index contributed by atoms with van der Waals surface area (Å²) in [5.74, 6) is 1.84. The molecule has 0 aromatic carbocycles. The van der Waals surface area contributed by atoms with Crippen LogP contribution in [0.2, 0.25) is 0 Å². The second kappa shape index (κ2) is 7.52. The van der Waals surface area contributed by atoms with Crippen LogP contribution in [-0.4, -0.2) is 21.3 Å². The van der Waals surface area contributed by atoms with Crippen molar-refractivity contribution in [3.05, 3.63) is 12.2 Å². The number of aryl methyl sites for hydroxylation is 1. The zero-order chi connectivity index (χ0) is 12.6. The van der Waals surface area contributed by atoms with Gasteiger partial charge in [0.15, 0.2) is 5.82 Å². The molecule has 4 nitrogen and oxygen atoms in total. The van der Waals surface area contributed by atoms with E-state index in [1.807, 2.05) is 11.0 Å². The SMILES string of the molecule is CCCNCc1ncn(CCC2CCCCC2)n1. The molecule has 1 aliphatic rings. The van der Waals surface area contributed by atoms with Crippen molar-refractivity contribution in [1.82, 2.24) is 20.1 Å². The molecule has 0 unspecified atom stereocenters. The lowest BCUT2D eigenvalue weighted by Gasteiger charge is -2.20. The van der Waals surface area contributed by atoms with Crippen LogP contribution in [0.1, 0.15) is 57.7 Å². The Morgan fingerprint density at radius 1 is 1.33 bits per heavy atom. The van der Waals surface area contributed by atoms with Crippen LogP contribution in [0.15, 0.2) is 6.33 Å². The molecular weight excluding hydrogens is 224 g/mol. The molecule has 2 rings (SSSR count). The third kappa shape index (κ3) is 4.41. The summed E-state index contributed by atoms with van der Waals surface area (Å²) >= 11 is 0. The van der Waals surface area contributed by atoms with E-state index >= 15 is 0 Å². The third-order valence-corrected chi connectivity index (χ3v) is 3.79. The first kappa shape index (κ1) is 13.5. The third-order valence-electron chi connectivity index (χ3n) is 3.79. The van der Waals surface area contributed by atoms with Gasteiger partial charge in [0.2, 0.25) is 0 Å². The van der Waals surface area contributed by atoms with Gasteiger partial charge in [0.25, 0.3) is 0 Å². The molecule has 0 spiro atoms. The van der Waals surface area contributed by atoms with E-state index in [4.69, 9.17) is 0 Å². The maximum absolute atomic E-state index is 4.51. The second-order valence-electron chi connectivity index (χ2n) is 5.39. The van der Waals surface area contributed by atoms with Crippen molar-refractivity contribution in [3.8, 4) is 0 Å². The number of nitrogens with one attached hydrogen (secondary N) is 1. The average molecular weight is 250 g/mol. The van der Waals surface area contributed by atoms with Crippen LogP contribution in [0.25, 0.3) is 0 Å². The Bertz CT molecular complexity index is 328. The highest BCUT2D eigenvalue weighted by Gasteiger charge is 2.13. The number of nitrogens with zero attached hydrogens (tertiary/aromatic N) is 3. The van der Waals surface area contributed by atoms with E-state index in [-0.39, 0.29) is 0 Å². The predicted octanol–water partition coefficient (Wildman–Crippen LogP) is 2.75. The van der Waals surface area contributed by atoms with Gasteiger partial charge in [-0.2, -0.15) is 5.10 Å². The molecule has 0 saturated heterocycles. The molecule has 102 valence electrons. The Hall–Kier alpha value is -0.900. The van der Waals surface area contributed by atoms with Gasteiger partial charge >= 0.3 is 0 Å². The highest BCUT2D eigenvalue weighted by Crippen LogP contribution is 2.26. The Morgan fingerprint density at radius 2 is 2.17 bits per heavy atom. The lowest BCUT2D eigenvalue weighted by molar-refractivity contribution is 0.318. The molecule has 1 heterocycles. The quantitative estimate of drug-likeness (QED) is 0.757. The minimum absolute atomic E-state index is 0.796. The van der Waals surface area contributed by atoms with Crippen LogP contribution in [0.5, 0.6) is 0 Å². The molecular formula is C14H26N4. The fourth-order valence-corrected chi connectivity index (χ4v) is 2.69. The molecule has 1 aromatic rings. The fraction of sp³-hybridized carbons (Fsp3) is 0.857. The summed E-state index contributed by atoms with van der Waals surface area (Å²) in [5, 5.41) is 7.84. The summed E-state index contributed by atoms with van der Waals surface area (Å²) in [4.78, 5) is 4.34. The average Bonchev–Trinajstić information content (AvgIpc) is 2.86. The van der Waals surface area contributed by atoms with Crippen LogP contribution in [0.4, 0.5) is 0 Å². The molecule has 4 heteroatoms. The zero-order valence-corrected chi connectivity index (χ0v) is 11.6. The van der Waals surface area contributed by atoms with Gasteiger partial charge in [-0.15, -0.1) is 0 Å². The van der Waals surface area contributed by atoms with Gasteiger partial charge in [-0.05, 0) is 25.3 Å². The van der Waals surface area contributed by atoms with Gasteiger partial charge in [-0.1, -0.05) is 39.0 Å². The van der Waals surface area contributed by atoms with Crippen molar-refractivity contribution in [1.29, 1.82) is 0 Å². The maximum atomic E-state index is 4.51. The van der Waals surface area contributed by atoms with Crippen LogP contribution in [0, 0.1) is 5.92 Å². The molecule has 1 aromatic heterocycles. The molecule has 1 N–H and O–H groups in total. The largest absolute Gasteiger partial charge is 0.310 e. The lowest BCUT2D eigenvalue weighted by Crippen LogP contribution is -2.15. The summed E-state index contributed by atoms with van der Waals surface area (Å²) in [6.45, 7) is 5.04. The monoisotopic (exact) mass is 250 g/mol. The number of hydrogen-bond donors (Lipinski definition) is 1. The minimum Gasteiger partial charge on any atom is -0.310 e. The number of rotatable bonds is 7. The van der Waals surface area contributed by atoms with Gasteiger partial charge in [-0.3, -0.25) is 4.68 Å². The van der Waals surface area contributed by atoms with Crippen molar-refractivity contribution < 1.29 is 0 Å². The van der Waals surface area contributed by atoms with Gasteiger partial charge in [-0.25, -0.2) is 4.98 Å². The Labute approximate surface area is 110 Å². The first-order chi connectivity index (χ1) is 8.88. The van der Waals surface area contributed by atoms with Crippen molar-refractivity contribution >= 4 is 0 Å². The molecule has 1 saturated carbocycles. The summed E-state index contributed by atoms with van der Waals surface area (Å²) in [6.07, 6.45) is 11.4. The molecule has 0 aliphatic heterocycles. The first-order valence-corrected chi connectivity index (χ1v) is 7.47. The van der Waals surface area contributed by atoms with E-state index in [0.717, 1.165) is 37.8 Å². The summed E-state index contributed by atoms with van der Waals surface area (Å²) < 4.78 is 2.01. The Balaban J connectivity index is 1.69. The van der Waals surface area contributed by atoms with Gasteiger partial charge in [0.1, 0.15) is 6.33 Å². The standard InChI is InChI=1S/C14H26N4/c1-2-9-15-11-14-16-12-18(17-14)10-8-13-6-4-3-5-7-13/h12-13,15H,2-11H2,1H3. The molecule has 0 amide bonds. The van der Waals surface area contributed by atoms with Gasteiger partial charge in [0.05, 0.1) is 6.54 Å². The summed E-state index contributed by atoms with van der Waals surface area (Å²) in [5.41, 5.74) is 0. The van der Waals surface area contributed by atoms with E-state index in [2.05, 4.69) is 22.3 Å². The van der Waals surface area contributed by atoms with Crippen molar-refractivity contribution in [2.24, 2.45) is 5.92 Å². The molecule has 18 heavy (non-hydrogen) atoms. The van der Waals surface area contributed by atoms with E-state index in [9.17, 15) is 0 Å². The number of hydrogen-bond acceptors (Lipinski definition) is 3. The van der Waals surface area contributed by atoms with Crippen molar-refractivity contribution in [2.75, 3.05) is 6.54 Å². The van der Waals surface area contributed by atoms with Crippen LogP contribution >= 0.6 is 0 Å². The van der Waals surface area contributed by atoms with E-state index in [1.54, 1.807) is 0 Å². The minimum atomic E-state index is 0.796. The molecule has 0 atom stereocenters. The van der Waals surface area contributed by atoms with Gasteiger partial charge < -0.3 is 5.32 Å². The fourth-order valence-electron chi connectivity index (χ4n) is 2.69. The second-order valence-corrected chi connectivity index (χ2v) is 5.39. The molecule has 1 aliphatic carbocycles. The van der Waals surface area contributed by atoms with Crippen molar-refractivity contribution in [3.63, 3.8) is 0 Å². The van der Waals surface area contributed by atoms with Crippen LogP contribution in [0.3, 0.4) is 0 Å². The lowest BCUT2D eigenvalue weighted by atomic mass is 9.87. The van der Waals surface area contributed by atoms with Gasteiger partial charge in [0, 0.05) is 6.54 Å². The topological polar surface area (TPSA) is 42.7 Å². The molecule has 1 fully saturated rings. The van der Waals surface area contributed by atoms with E-state index < -0.39 is 0 Å². The zero-order valence-electron chi connectivity index (χ0n) is 11.6. The van der Waals surface area contributed by atoms with Crippen molar-refractivity contribution in [2.45, 2.75) is 65.0 Å². The molecule has 0 bridgehead atoms. The smallest absolute Gasteiger partial charge is 0.164 e. The first-order valence-electron chi connectivity index (χ1n) is 7.47. The summed E-state index contributed by atoms with van der Waals surface area (Å²) in [7, 11) is 0. The Kier molecular flexibility index (Phi) is 5.65.